The lowest BCUT2D eigenvalue weighted by molar-refractivity contribution is -0.156. The van der Waals surface area contributed by atoms with Gasteiger partial charge in [-0.2, -0.15) is 0 Å². The third-order valence-corrected chi connectivity index (χ3v) is 8.52. The van der Waals surface area contributed by atoms with Crippen LogP contribution in [-0.4, -0.2) is 83.7 Å². The summed E-state index contributed by atoms with van der Waals surface area (Å²) >= 11 is 0. The van der Waals surface area contributed by atoms with Crippen LogP contribution in [-0.2, 0) is 26.9 Å². The first-order valence-electron chi connectivity index (χ1n) is 11.9. The van der Waals surface area contributed by atoms with Gasteiger partial charge in [0.05, 0.1) is 12.7 Å². The molecule has 0 aromatic rings. The molecule has 0 fully saturated rings. The average molecular weight is 557 g/mol. The minimum atomic E-state index is -2.18. The fourth-order valence-electron chi connectivity index (χ4n) is 3.12. The second kappa shape index (κ2) is 12.1. The Morgan fingerprint density at radius 2 is 0.939 bits per heavy atom. The Morgan fingerprint density at radius 3 is 1.24 bits per heavy atom. The van der Waals surface area contributed by atoms with Crippen LogP contribution in [0.3, 0.4) is 0 Å². The van der Waals surface area contributed by atoms with E-state index in [0.717, 1.165) is 0 Å². The average Bonchev–Trinajstić information content (AvgIpc) is 2.48. The second-order valence-electron chi connectivity index (χ2n) is 13.5. The van der Waals surface area contributed by atoms with Gasteiger partial charge in [-0.15, -0.1) is 0 Å². The van der Waals surface area contributed by atoms with Crippen molar-refractivity contribution in [1.29, 1.82) is 0 Å². The van der Waals surface area contributed by atoms with E-state index < -0.39 is 72.0 Å². The molecule has 7 nitrogen and oxygen atoms in total. The number of rotatable bonds is 14. The zero-order valence-corrected chi connectivity index (χ0v) is 28.9. The molecule has 0 bridgehead atoms. The third-order valence-electron chi connectivity index (χ3n) is 3.77. The first-order chi connectivity index (χ1) is 14.3. The van der Waals surface area contributed by atoms with Crippen molar-refractivity contribution in [2.75, 3.05) is 6.61 Å². The van der Waals surface area contributed by atoms with E-state index in [4.69, 9.17) is 22.1 Å². The fraction of sp³-hybridized carbons (Fsp3) is 0.952. The first-order valence-corrected chi connectivity index (χ1v) is 28.9. The minimum absolute atomic E-state index is 0.228. The van der Waals surface area contributed by atoms with Gasteiger partial charge in [-0.25, -0.2) is 0 Å². The molecule has 0 radical (unpaired) electrons. The topological polar surface area (TPSA) is 83.5 Å². The Morgan fingerprint density at radius 1 is 0.576 bits per heavy atom. The van der Waals surface area contributed by atoms with Crippen molar-refractivity contribution in [1.82, 2.24) is 0 Å². The molecule has 198 valence electrons. The van der Waals surface area contributed by atoms with Gasteiger partial charge in [0.15, 0.2) is 39.4 Å². The molecule has 1 N–H and O–H groups in total. The van der Waals surface area contributed by atoms with Gasteiger partial charge in [-0.1, -0.05) is 0 Å². The Kier molecular flexibility index (Phi) is 12.2. The third kappa shape index (κ3) is 15.9. The van der Waals surface area contributed by atoms with Crippen LogP contribution >= 0.6 is 0 Å². The Hall–Kier alpha value is 0.354. The molecule has 0 aliphatic carbocycles. The van der Waals surface area contributed by atoms with Gasteiger partial charge in [-0.05, 0) is 98.2 Å². The van der Waals surface area contributed by atoms with Gasteiger partial charge in [0.25, 0.3) is 0 Å². The Balaban J connectivity index is 6.74. The predicted octanol–water partition coefficient (Wildman–Crippen LogP) is 5.24. The van der Waals surface area contributed by atoms with Crippen LogP contribution in [0.25, 0.3) is 0 Å². The SMILES string of the molecule is C[Si](C)(C)OC(=O)[C@H](O[Si](C)(C)C)[C@@H](O[Si](C)(C)C)[C@H](O[Si](C)(C)C)[C@@H](CO)O[Si](C)(C)C. The smallest absolute Gasteiger partial charge is 0.323 e. The van der Waals surface area contributed by atoms with Crippen LogP contribution in [0.1, 0.15) is 0 Å². The van der Waals surface area contributed by atoms with E-state index in [0.29, 0.717) is 0 Å². The first kappa shape index (κ1) is 33.4. The molecule has 0 unspecified atom stereocenters. The maximum Gasteiger partial charge on any atom is 0.323 e. The lowest BCUT2D eigenvalue weighted by Gasteiger charge is -2.44. The lowest BCUT2D eigenvalue weighted by atomic mass is 10.0. The second-order valence-corrected chi connectivity index (χ2v) is 35.8. The van der Waals surface area contributed by atoms with E-state index in [2.05, 4.69) is 58.9 Å². The number of aliphatic hydroxyl groups is 1. The van der Waals surface area contributed by atoms with E-state index in [1.54, 1.807) is 0 Å². The highest BCUT2D eigenvalue weighted by Crippen LogP contribution is 2.29. The summed E-state index contributed by atoms with van der Waals surface area (Å²) in [6.45, 7) is 30.6. The molecule has 0 rings (SSSR count). The quantitative estimate of drug-likeness (QED) is 0.293. The zero-order valence-electron chi connectivity index (χ0n) is 23.9. The molecule has 4 atom stereocenters. The van der Waals surface area contributed by atoms with E-state index >= 15 is 0 Å². The molecule has 0 saturated carbocycles. The van der Waals surface area contributed by atoms with Gasteiger partial charge >= 0.3 is 5.97 Å². The van der Waals surface area contributed by atoms with Crippen molar-refractivity contribution in [2.45, 2.75) is 123 Å². The highest BCUT2D eigenvalue weighted by molar-refractivity contribution is 6.72. The summed E-state index contributed by atoms with van der Waals surface area (Å²) in [6, 6.07) is 0. The van der Waals surface area contributed by atoms with Crippen molar-refractivity contribution >= 4 is 47.6 Å². The molecular weight excluding hydrogens is 505 g/mol. The van der Waals surface area contributed by atoms with Gasteiger partial charge in [0, 0.05) is 0 Å². The number of aliphatic hydroxyl groups excluding tert-OH is 1. The predicted molar refractivity (Wildman–Crippen MR) is 149 cm³/mol. The standard InChI is InChI=1S/C21H52O7Si5/c1-29(2,3)24-17(16-22)18(25-30(4,5)6)19(26-31(7,8)9)20(27-32(10,11)12)21(23)28-33(13,14)15/h17-20,22H,16H2,1-15H3/t17-,18-,19+,20-/m1/s1. The highest BCUT2D eigenvalue weighted by atomic mass is 28.4. The largest absolute Gasteiger partial charge is 0.518 e. The molecule has 0 spiro atoms. The highest BCUT2D eigenvalue weighted by Gasteiger charge is 2.48. The normalized spacial score (nSPS) is 17.9. The summed E-state index contributed by atoms with van der Waals surface area (Å²) in [5.74, 6) is -0.409. The van der Waals surface area contributed by atoms with Gasteiger partial charge < -0.3 is 27.2 Å². The van der Waals surface area contributed by atoms with E-state index in [1.807, 2.05) is 39.3 Å². The summed E-state index contributed by atoms with van der Waals surface area (Å²) in [7, 11) is -10.7. The van der Waals surface area contributed by atoms with Crippen molar-refractivity contribution < 1.29 is 32.0 Å². The Bertz CT molecular complexity index is 613. The lowest BCUT2D eigenvalue weighted by Crippen LogP contribution is -2.61. The molecule has 0 saturated heterocycles. The summed E-state index contributed by atoms with van der Waals surface area (Å²) in [5.41, 5.74) is 0. The van der Waals surface area contributed by atoms with Crippen molar-refractivity contribution in [3.05, 3.63) is 0 Å². The van der Waals surface area contributed by atoms with Crippen LogP contribution in [0.4, 0.5) is 0 Å². The van der Waals surface area contributed by atoms with Crippen molar-refractivity contribution in [3.63, 3.8) is 0 Å². The van der Waals surface area contributed by atoms with Crippen LogP contribution in [0.15, 0.2) is 0 Å². The van der Waals surface area contributed by atoms with Crippen molar-refractivity contribution in [2.24, 2.45) is 0 Å². The van der Waals surface area contributed by atoms with Gasteiger partial charge in [0.1, 0.15) is 12.2 Å². The minimum Gasteiger partial charge on any atom is -0.518 e. The monoisotopic (exact) mass is 556 g/mol. The van der Waals surface area contributed by atoms with Crippen LogP contribution in [0.5, 0.6) is 0 Å². The Labute approximate surface area is 208 Å². The van der Waals surface area contributed by atoms with Crippen LogP contribution < -0.4 is 0 Å². The molecule has 0 aromatic heterocycles. The number of carbonyl (C=O) groups is 1. The molecule has 12 heteroatoms. The number of hydrogen-bond donors (Lipinski definition) is 1. The summed E-state index contributed by atoms with van der Waals surface area (Å²) in [4.78, 5) is 13.5. The molecular formula is C21H52O7Si5. The molecule has 0 heterocycles. The summed E-state index contributed by atoms with van der Waals surface area (Å²) < 4.78 is 32.1. The van der Waals surface area contributed by atoms with Gasteiger partial charge in [-0.3, -0.25) is 4.79 Å². The summed E-state index contributed by atoms with van der Waals surface area (Å²) in [5, 5.41) is 10.4. The van der Waals surface area contributed by atoms with E-state index in [-0.39, 0.29) is 6.61 Å². The maximum absolute atomic E-state index is 13.5. The van der Waals surface area contributed by atoms with Crippen molar-refractivity contribution in [3.8, 4) is 0 Å². The number of hydrogen-bond acceptors (Lipinski definition) is 7. The van der Waals surface area contributed by atoms with E-state index in [9.17, 15) is 9.90 Å². The molecule has 0 amide bonds. The summed E-state index contributed by atoms with van der Waals surface area (Å²) in [6.07, 6.45) is -2.98. The molecule has 0 aliphatic rings. The maximum atomic E-state index is 13.5. The molecule has 33 heavy (non-hydrogen) atoms. The fourth-order valence-corrected chi connectivity index (χ4v) is 8.13. The van der Waals surface area contributed by atoms with Gasteiger partial charge in [0.2, 0.25) is 8.32 Å². The zero-order chi connectivity index (χ0) is 26.6. The molecule has 0 aliphatic heterocycles. The number of carbonyl (C=O) groups excluding carboxylic acids is 1. The van der Waals surface area contributed by atoms with E-state index in [1.165, 1.54) is 0 Å². The molecule has 0 aromatic carbocycles. The van der Waals surface area contributed by atoms with Crippen LogP contribution in [0, 0.1) is 0 Å². The van der Waals surface area contributed by atoms with Crippen LogP contribution in [0.2, 0.25) is 98.2 Å².